The smallest absolute Gasteiger partial charge is 0.306 e. The van der Waals surface area contributed by atoms with Crippen molar-refractivity contribution in [3.8, 4) is 0 Å². The zero-order valence-corrected chi connectivity index (χ0v) is 10.5. The Kier molecular flexibility index (Phi) is 4.15. The van der Waals surface area contributed by atoms with Gasteiger partial charge in [-0.25, -0.2) is 0 Å². The van der Waals surface area contributed by atoms with Crippen molar-refractivity contribution in [1.29, 1.82) is 0 Å². The molecular formula is C13H18N2O3. The minimum absolute atomic E-state index is 0.0519. The molecule has 5 heteroatoms. The average Bonchev–Trinajstić information content (AvgIpc) is 2.38. The fourth-order valence-electron chi connectivity index (χ4n) is 2.36. The first-order chi connectivity index (χ1) is 8.70. The van der Waals surface area contributed by atoms with Crippen LogP contribution in [0.4, 0.5) is 0 Å². The van der Waals surface area contributed by atoms with Crippen molar-refractivity contribution >= 4 is 5.97 Å². The first-order valence-electron chi connectivity index (χ1n) is 6.23. The fourth-order valence-corrected chi connectivity index (χ4v) is 2.36. The number of hydrogen-bond acceptors (Lipinski definition) is 4. The Balaban J connectivity index is 1.99. The molecule has 0 saturated heterocycles. The zero-order valence-electron chi connectivity index (χ0n) is 10.5. The lowest BCUT2D eigenvalue weighted by Gasteiger charge is -2.25. The van der Waals surface area contributed by atoms with Crippen LogP contribution in [0.3, 0.4) is 0 Å². The molecule has 1 aliphatic carbocycles. The van der Waals surface area contributed by atoms with E-state index in [0.29, 0.717) is 13.0 Å². The summed E-state index contributed by atoms with van der Waals surface area (Å²) in [4.78, 5) is 25.2. The molecule has 0 aliphatic heterocycles. The van der Waals surface area contributed by atoms with E-state index in [0.717, 1.165) is 30.5 Å². The summed E-state index contributed by atoms with van der Waals surface area (Å²) in [6, 6.07) is 3.65. The van der Waals surface area contributed by atoms with Crippen molar-refractivity contribution in [2.75, 3.05) is 13.7 Å². The largest absolute Gasteiger partial charge is 0.469 e. The molecular weight excluding hydrogens is 232 g/mol. The lowest BCUT2D eigenvalue weighted by Crippen LogP contribution is -2.29. The Hall–Kier alpha value is -1.62. The van der Waals surface area contributed by atoms with E-state index in [2.05, 4.69) is 15.0 Å². The molecule has 1 atom stereocenters. The first-order valence-corrected chi connectivity index (χ1v) is 6.23. The molecule has 1 heterocycles. The first kappa shape index (κ1) is 12.8. The summed E-state index contributed by atoms with van der Waals surface area (Å²) in [5.74, 6) is -0.208. The third-order valence-corrected chi connectivity index (χ3v) is 3.28. The van der Waals surface area contributed by atoms with Crippen LogP contribution in [0, 0.1) is 0 Å². The van der Waals surface area contributed by atoms with Crippen LogP contribution in [0.15, 0.2) is 16.9 Å². The molecule has 0 bridgehead atoms. The summed E-state index contributed by atoms with van der Waals surface area (Å²) in [6.07, 6.45) is 3.36. The number of aromatic amines is 1. The summed E-state index contributed by atoms with van der Waals surface area (Å²) < 4.78 is 4.60. The number of carbonyl (C=O) groups excluding carboxylic acids is 1. The number of methoxy groups -OCH3 is 1. The molecule has 0 amide bonds. The third-order valence-electron chi connectivity index (χ3n) is 3.28. The standard InChI is InChI=1S/C13H18N2O3/c1-18-13(17)7-8-14-10-3-2-4-11-9(10)5-6-12(16)15-11/h5-6,10,14H,2-4,7-8H2,1H3,(H,15,16). The summed E-state index contributed by atoms with van der Waals surface area (Å²) in [5.41, 5.74) is 2.11. The van der Waals surface area contributed by atoms with E-state index in [1.165, 1.54) is 7.11 Å². The van der Waals surface area contributed by atoms with E-state index >= 15 is 0 Å². The van der Waals surface area contributed by atoms with Gasteiger partial charge in [0.25, 0.3) is 0 Å². The van der Waals surface area contributed by atoms with Crippen LogP contribution in [-0.2, 0) is 16.0 Å². The fraction of sp³-hybridized carbons (Fsp3) is 0.538. The highest BCUT2D eigenvalue weighted by Crippen LogP contribution is 2.27. The third kappa shape index (κ3) is 2.98. The number of rotatable bonds is 4. The van der Waals surface area contributed by atoms with Crippen molar-refractivity contribution in [2.24, 2.45) is 0 Å². The number of pyridine rings is 1. The maximum absolute atomic E-state index is 11.3. The maximum Gasteiger partial charge on any atom is 0.306 e. The second-order valence-corrected chi connectivity index (χ2v) is 4.48. The van der Waals surface area contributed by atoms with Gasteiger partial charge < -0.3 is 15.0 Å². The van der Waals surface area contributed by atoms with Crippen molar-refractivity contribution in [3.63, 3.8) is 0 Å². The Bertz CT molecular complexity index is 481. The highest BCUT2D eigenvalue weighted by Gasteiger charge is 2.20. The number of carbonyl (C=O) groups is 1. The van der Waals surface area contributed by atoms with E-state index in [4.69, 9.17) is 0 Å². The molecule has 2 rings (SSSR count). The molecule has 5 nitrogen and oxygen atoms in total. The van der Waals surface area contributed by atoms with E-state index in [9.17, 15) is 9.59 Å². The second kappa shape index (κ2) is 5.82. The van der Waals surface area contributed by atoms with Gasteiger partial charge in [0.1, 0.15) is 0 Å². The number of aryl methyl sites for hydroxylation is 1. The summed E-state index contributed by atoms with van der Waals surface area (Å²) in [7, 11) is 1.39. The van der Waals surface area contributed by atoms with Gasteiger partial charge >= 0.3 is 5.97 Å². The molecule has 18 heavy (non-hydrogen) atoms. The van der Waals surface area contributed by atoms with Gasteiger partial charge in [-0.15, -0.1) is 0 Å². The average molecular weight is 250 g/mol. The van der Waals surface area contributed by atoms with Crippen molar-refractivity contribution in [1.82, 2.24) is 10.3 Å². The quantitative estimate of drug-likeness (QED) is 0.779. The number of hydrogen-bond donors (Lipinski definition) is 2. The molecule has 1 aromatic rings. The normalized spacial score (nSPS) is 18.2. The number of nitrogens with one attached hydrogen (secondary N) is 2. The van der Waals surface area contributed by atoms with Crippen LogP contribution in [0.25, 0.3) is 0 Å². The van der Waals surface area contributed by atoms with Crippen molar-refractivity contribution in [3.05, 3.63) is 33.7 Å². The number of H-pyrrole nitrogens is 1. The van der Waals surface area contributed by atoms with Crippen molar-refractivity contribution < 1.29 is 9.53 Å². The van der Waals surface area contributed by atoms with Gasteiger partial charge in [-0.2, -0.15) is 0 Å². The molecule has 0 saturated carbocycles. The van der Waals surface area contributed by atoms with Crippen LogP contribution in [0.1, 0.15) is 36.6 Å². The summed E-state index contributed by atoms with van der Waals surface area (Å²) in [6.45, 7) is 0.593. The van der Waals surface area contributed by atoms with E-state index < -0.39 is 0 Å². The van der Waals surface area contributed by atoms with Crippen LogP contribution in [-0.4, -0.2) is 24.6 Å². The van der Waals surface area contributed by atoms with Gasteiger partial charge in [0.05, 0.1) is 13.5 Å². The molecule has 0 aromatic carbocycles. The highest BCUT2D eigenvalue weighted by molar-refractivity contribution is 5.69. The molecule has 1 aliphatic rings. The zero-order chi connectivity index (χ0) is 13.0. The Labute approximate surface area is 106 Å². The molecule has 2 N–H and O–H groups in total. The Morgan fingerprint density at radius 2 is 2.39 bits per heavy atom. The Morgan fingerprint density at radius 3 is 3.17 bits per heavy atom. The molecule has 0 spiro atoms. The molecule has 0 fully saturated rings. The predicted molar refractivity (Wildman–Crippen MR) is 67.4 cm³/mol. The summed E-state index contributed by atoms with van der Waals surface area (Å²) >= 11 is 0. The van der Waals surface area contributed by atoms with Crippen LogP contribution < -0.4 is 10.9 Å². The SMILES string of the molecule is COC(=O)CCNC1CCCc2[nH]c(=O)ccc21. The molecule has 0 radical (unpaired) electrons. The van der Waals surface area contributed by atoms with Gasteiger partial charge in [0, 0.05) is 24.3 Å². The lowest BCUT2D eigenvalue weighted by molar-refractivity contribution is -0.140. The van der Waals surface area contributed by atoms with Gasteiger partial charge in [-0.05, 0) is 24.8 Å². The van der Waals surface area contributed by atoms with Gasteiger partial charge in [-0.3, -0.25) is 9.59 Å². The minimum atomic E-state index is -0.208. The number of aromatic nitrogens is 1. The number of fused-ring (bicyclic) bond motifs is 1. The topological polar surface area (TPSA) is 71.2 Å². The van der Waals surface area contributed by atoms with Gasteiger partial charge in [-0.1, -0.05) is 6.07 Å². The molecule has 1 aromatic heterocycles. The number of esters is 1. The van der Waals surface area contributed by atoms with E-state index in [1.807, 2.05) is 6.07 Å². The summed E-state index contributed by atoms with van der Waals surface area (Å²) in [5, 5.41) is 3.34. The van der Waals surface area contributed by atoms with Crippen LogP contribution >= 0.6 is 0 Å². The van der Waals surface area contributed by atoms with Gasteiger partial charge in [0.15, 0.2) is 0 Å². The monoisotopic (exact) mass is 250 g/mol. The minimum Gasteiger partial charge on any atom is -0.469 e. The second-order valence-electron chi connectivity index (χ2n) is 4.48. The predicted octanol–water partition coefficient (Wildman–Crippen LogP) is 0.905. The molecule has 98 valence electrons. The lowest BCUT2D eigenvalue weighted by atomic mass is 9.91. The van der Waals surface area contributed by atoms with Crippen molar-refractivity contribution in [2.45, 2.75) is 31.7 Å². The Morgan fingerprint density at radius 1 is 1.56 bits per heavy atom. The highest BCUT2D eigenvalue weighted by atomic mass is 16.5. The van der Waals surface area contributed by atoms with Crippen LogP contribution in [0.2, 0.25) is 0 Å². The van der Waals surface area contributed by atoms with Crippen LogP contribution in [0.5, 0.6) is 0 Å². The van der Waals surface area contributed by atoms with E-state index in [1.54, 1.807) is 6.07 Å². The van der Waals surface area contributed by atoms with Gasteiger partial charge in [0.2, 0.25) is 5.56 Å². The maximum atomic E-state index is 11.3. The number of ether oxygens (including phenoxy) is 1. The molecule has 1 unspecified atom stereocenters. The van der Waals surface area contributed by atoms with E-state index in [-0.39, 0.29) is 17.6 Å².